The molecule has 0 aliphatic heterocycles. The van der Waals surface area contributed by atoms with Crippen LogP contribution in [0.4, 0.5) is 11.6 Å². The summed E-state index contributed by atoms with van der Waals surface area (Å²) < 4.78 is 0. The Bertz CT molecular complexity index is 661. The molecule has 126 valence electrons. The third-order valence-corrected chi connectivity index (χ3v) is 4.47. The molecule has 5 nitrogen and oxygen atoms in total. The zero-order valence-electron chi connectivity index (χ0n) is 14.1. The van der Waals surface area contributed by atoms with Crippen LogP contribution in [0.25, 0.3) is 0 Å². The Morgan fingerprint density at radius 1 is 1.08 bits per heavy atom. The zero-order chi connectivity index (χ0) is 16.8. The van der Waals surface area contributed by atoms with E-state index in [4.69, 9.17) is 0 Å². The molecule has 1 aliphatic rings. The van der Waals surface area contributed by atoms with Gasteiger partial charge in [-0.15, -0.1) is 0 Å². The van der Waals surface area contributed by atoms with Crippen molar-refractivity contribution >= 4 is 17.5 Å². The molecule has 3 rings (SSSR count). The highest BCUT2D eigenvalue weighted by molar-refractivity contribution is 5.93. The fourth-order valence-electron chi connectivity index (χ4n) is 2.98. The van der Waals surface area contributed by atoms with Gasteiger partial charge in [-0.2, -0.15) is 0 Å². The quantitative estimate of drug-likeness (QED) is 0.877. The number of hydrogen-bond acceptors (Lipinski definition) is 4. The molecule has 24 heavy (non-hydrogen) atoms. The minimum absolute atomic E-state index is 0.0826. The van der Waals surface area contributed by atoms with Crippen molar-refractivity contribution < 1.29 is 4.79 Å². The highest BCUT2D eigenvalue weighted by Crippen LogP contribution is 2.18. The number of hydrogen-bond donors (Lipinski definition) is 2. The molecule has 1 fully saturated rings. The SMILES string of the molecule is CCc1ccc(Nc2ncc(C(=O)NC3CCCCC3)cn2)cc1. The molecule has 1 heterocycles. The highest BCUT2D eigenvalue weighted by atomic mass is 16.1. The van der Waals surface area contributed by atoms with Crippen molar-refractivity contribution in [1.29, 1.82) is 0 Å². The first-order chi connectivity index (χ1) is 11.7. The first-order valence-electron chi connectivity index (χ1n) is 8.73. The van der Waals surface area contributed by atoms with Gasteiger partial charge in [-0.25, -0.2) is 9.97 Å². The number of anilines is 2. The van der Waals surface area contributed by atoms with Crippen molar-refractivity contribution in [3.05, 3.63) is 47.8 Å². The highest BCUT2D eigenvalue weighted by Gasteiger charge is 2.17. The van der Waals surface area contributed by atoms with E-state index in [2.05, 4.69) is 39.7 Å². The number of aromatic nitrogens is 2. The topological polar surface area (TPSA) is 66.9 Å². The summed E-state index contributed by atoms with van der Waals surface area (Å²) in [5, 5.41) is 6.23. The van der Waals surface area contributed by atoms with E-state index in [1.54, 1.807) is 12.4 Å². The molecule has 2 aromatic rings. The van der Waals surface area contributed by atoms with Gasteiger partial charge in [-0.1, -0.05) is 38.3 Å². The number of rotatable bonds is 5. The van der Waals surface area contributed by atoms with Crippen molar-refractivity contribution in [3.63, 3.8) is 0 Å². The number of nitrogens with zero attached hydrogens (tertiary/aromatic N) is 2. The van der Waals surface area contributed by atoms with Crippen LogP contribution in [0.15, 0.2) is 36.7 Å². The Kier molecular flexibility index (Phi) is 5.41. The molecule has 1 aromatic carbocycles. The second-order valence-corrected chi connectivity index (χ2v) is 6.28. The van der Waals surface area contributed by atoms with E-state index in [0.29, 0.717) is 17.6 Å². The summed E-state index contributed by atoms with van der Waals surface area (Å²) in [5.74, 6) is 0.411. The molecule has 5 heteroatoms. The average Bonchev–Trinajstić information content (AvgIpc) is 2.64. The number of benzene rings is 1. The third kappa shape index (κ3) is 4.31. The largest absolute Gasteiger partial charge is 0.349 e. The Morgan fingerprint density at radius 2 is 1.75 bits per heavy atom. The summed E-state index contributed by atoms with van der Waals surface area (Å²) in [6.07, 6.45) is 9.97. The van der Waals surface area contributed by atoms with Crippen LogP contribution in [0.1, 0.15) is 54.9 Å². The Hall–Kier alpha value is -2.43. The van der Waals surface area contributed by atoms with Crippen molar-refractivity contribution in [2.24, 2.45) is 0 Å². The molecule has 0 atom stereocenters. The number of carbonyl (C=O) groups excluding carboxylic acids is 1. The molecule has 1 aliphatic carbocycles. The third-order valence-electron chi connectivity index (χ3n) is 4.47. The summed E-state index contributed by atoms with van der Waals surface area (Å²) in [4.78, 5) is 20.7. The fourth-order valence-corrected chi connectivity index (χ4v) is 2.98. The maximum atomic E-state index is 12.2. The van der Waals surface area contributed by atoms with Crippen LogP contribution in [-0.2, 0) is 6.42 Å². The normalized spacial score (nSPS) is 15.0. The lowest BCUT2D eigenvalue weighted by molar-refractivity contribution is 0.0927. The summed E-state index contributed by atoms with van der Waals surface area (Å²) >= 11 is 0. The van der Waals surface area contributed by atoms with Crippen LogP contribution in [0.5, 0.6) is 0 Å². The van der Waals surface area contributed by atoms with Crippen LogP contribution in [-0.4, -0.2) is 21.9 Å². The van der Waals surface area contributed by atoms with E-state index in [9.17, 15) is 4.79 Å². The van der Waals surface area contributed by atoms with Gasteiger partial charge in [0.25, 0.3) is 5.91 Å². The number of carbonyl (C=O) groups is 1. The van der Waals surface area contributed by atoms with Gasteiger partial charge < -0.3 is 10.6 Å². The van der Waals surface area contributed by atoms with Crippen molar-refractivity contribution in [2.45, 2.75) is 51.5 Å². The van der Waals surface area contributed by atoms with Crippen LogP contribution >= 0.6 is 0 Å². The summed E-state index contributed by atoms with van der Waals surface area (Å²) in [5.41, 5.74) is 2.73. The lowest BCUT2D eigenvalue weighted by Crippen LogP contribution is -2.36. The maximum Gasteiger partial charge on any atom is 0.254 e. The Balaban J connectivity index is 1.58. The Morgan fingerprint density at radius 3 is 2.38 bits per heavy atom. The lowest BCUT2D eigenvalue weighted by atomic mass is 9.95. The van der Waals surface area contributed by atoms with Crippen LogP contribution in [0.2, 0.25) is 0 Å². The molecular formula is C19H24N4O. The van der Waals surface area contributed by atoms with Gasteiger partial charge in [0.15, 0.2) is 0 Å². The van der Waals surface area contributed by atoms with Gasteiger partial charge in [-0.3, -0.25) is 4.79 Å². The van der Waals surface area contributed by atoms with Crippen LogP contribution in [0, 0.1) is 0 Å². The maximum absolute atomic E-state index is 12.2. The zero-order valence-corrected chi connectivity index (χ0v) is 14.1. The second kappa shape index (κ2) is 7.90. The monoisotopic (exact) mass is 324 g/mol. The fraction of sp³-hybridized carbons (Fsp3) is 0.421. The summed E-state index contributed by atoms with van der Waals surface area (Å²) in [6, 6.07) is 8.46. The average molecular weight is 324 g/mol. The minimum Gasteiger partial charge on any atom is -0.349 e. The van der Waals surface area contributed by atoms with E-state index in [-0.39, 0.29) is 5.91 Å². The predicted octanol–water partition coefficient (Wildman–Crippen LogP) is 3.85. The van der Waals surface area contributed by atoms with Crippen LogP contribution < -0.4 is 10.6 Å². The van der Waals surface area contributed by atoms with Gasteiger partial charge in [0.05, 0.1) is 5.56 Å². The first-order valence-corrected chi connectivity index (χ1v) is 8.73. The molecule has 0 bridgehead atoms. The summed E-state index contributed by atoms with van der Waals surface area (Å²) in [6.45, 7) is 2.13. The molecule has 0 saturated heterocycles. The van der Waals surface area contributed by atoms with Gasteiger partial charge >= 0.3 is 0 Å². The molecular weight excluding hydrogens is 300 g/mol. The van der Waals surface area contributed by atoms with Crippen molar-refractivity contribution in [1.82, 2.24) is 15.3 Å². The standard InChI is InChI=1S/C19H24N4O/c1-2-14-8-10-17(11-9-14)23-19-20-12-15(13-21-19)18(24)22-16-6-4-3-5-7-16/h8-13,16H,2-7H2,1H3,(H,22,24)(H,20,21,23). The first kappa shape index (κ1) is 16.4. The minimum atomic E-state index is -0.0826. The van der Waals surface area contributed by atoms with Crippen LogP contribution in [0.3, 0.4) is 0 Å². The number of nitrogens with one attached hydrogen (secondary N) is 2. The molecule has 0 spiro atoms. The Labute approximate surface area is 142 Å². The molecule has 1 aromatic heterocycles. The number of aryl methyl sites for hydroxylation is 1. The van der Waals surface area contributed by atoms with Crippen molar-refractivity contribution in [3.8, 4) is 0 Å². The second-order valence-electron chi connectivity index (χ2n) is 6.28. The van der Waals surface area contributed by atoms with Crippen molar-refractivity contribution in [2.75, 3.05) is 5.32 Å². The van der Waals surface area contributed by atoms with E-state index >= 15 is 0 Å². The summed E-state index contributed by atoms with van der Waals surface area (Å²) in [7, 11) is 0. The van der Waals surface area contributed by atoms with Gasteiger partial charge in [-0.05, 0) is 37.0 Å². The molecule has 0 radical (unpaired) electrons. The van der Waals surface area contributed by atoms with Gasteiger partial charge in [0, 0.05) is 24.1 Å². The van der Waals surface area contributed by atoms with E-state index in [1.807, 2.05) is 12.1 Å². The molecule has 1 saturated carbocycles. The van der Waals surface area contributed by atoms with E-state index in [1.165, 1.54) is 24.8 Å². The smallest absolute Gasteiger partial charge is 0.254 e. The number of amides is 1. The lowest BCUT2D eigenvalue weighted by Gasteiger charge is -2.22. The van der Waals surface area contributed by atoms with E-state index < -0.39 is 0 Å². The van der Waals surface area contributed by atoms with Gasteiger partial charge in [0.1, 0.15) is 0 Å². The predicted molar refractivity (Wildman–Crippen MR) is 95.5 cm³/mol. The molecule has 0 unspecified atom stereocenters. The van der Waals surface area contributed by atoms with E-state index in [0.717, 1.165) is 24.9 Å². The van der Waals surface area contributed by atoms with Gasteiger partial charge in [0.2, 0.25) is 5.95 Å². The molecule has 1 amide bonds. The molecule has 2 N–H and O–H groups in total.